The summed E-state index contributed by atoms with van der Waals surface area (Å²) in [6, 6.07) is 16.8. The molecule has 0 N–H and O–H groups in total. The van der Waals surface area contributed by atoms with Crippen molar-refractivity contribution in [2.45, 2.75) is 0 Å². The maximum atomic E-state index is 5.09. The molecule has 1 radical (unpaired) electrons. The Balaban J connectivity index is 2.31. The fourth-order valence-electron chi connectivity index (χ4n) is 1.37. The van der Waals surface area contributed by atoms with E-state index in [1.807, 2.05) is 42.5 Å². The van der Waals surface area contributed by atoms with Crippen LogP contribution in [-0.4, -0.2) is 5.55 Å². The molecule has 0 saturated carbocycles. The standard InChI is InChI=1S/C13H8BrOS/c14-12-3-1-2-11(8-12)10-4-6-13(7-5-10)15-9-16/h1,3-9H. The van der Waals surface area contributed by atoms with Crippen molar-refractivity contribution in [2.24, 2.45) is 0 Å². The van der Waals surface area contributed by atoms with Gasteiger partial charge in [-0.25, -0.2) is 0 Å². The van der Waals surface area contributed by atoms with E-state index in [2.05, 4.69) is 34.2 Å². The third-order valence-corrected chi connectivity index (χ3v) is 2.70. The predicted molar refractivity (Wildman–Crippen MR) is 72.7 cm³/mol. The zero-order valence-electron chi connectivity index (χ0n) is 8.31. The van der Waals surface area contributed by atoms with Crippen molar-refractivity contribution < 1.29 is 4.74 Å². The minimum absolute atomic E-state index is 0.744. The Morgan fingerprint density at radius 3 is 2.56 bits per heavy atom. The van der Waals surface area contributed by atoms with Crippen molar-refractivity contribution in [3.05, 3.63) is 53.0 Å². The molecule has 0 aliphatic carbocycles. The molecule has 0 atom stereocenters. The van der Waals surface area contributed by atoms with Crippen molar-refractivity contribution >= 4 is 33.7 Å². The van der Waals surface area contributed by atoms with E-state index < -0.39 is 0 Å². The lowest BCUT2D eigenvalue weighted by Crippen LogP contribution is -1.86. The minimum atomic E-state index is 0.744. The molecule has 0 amide bonds. The highest BCUT2D eigenvalue weighted by Gasteiger charge is 1.99. The van der Waals surface area contributed by atoms with Crippen LogP contribution in [0, 0.1) is 6.07 Å². The Labute approximate surface area is 108 Å². The van der Waals surface area contributed by atoms with E-state index in [9.17, 15) is 0 Å². The fraction of sp³-hybridized carbons (Fsp3) is 0. The summed E-state index contributed by atoms with van der Waals surface area (Å²) in [5, 5.41) is 0. The zero-order valence-corrected chi connectivity index (χ0v) is 10.7. The van der Waals surface area contributed by atoms with E-state index in [-0.39, 0.29) is 0 Å². The molecule has 0 aliphatic heterocycles. The summed E-state index contributed by atoms with van der Waals surface area (Å²) in [7, 11) is 0. The molecule has 0 fully saturated rings. The van der Waals surface area contributed by atoms with Crippen molar-refractivity contribution in [1.29, 1.82) is 0 Å². The average molecular weight is 292 g/mol. The van der Waals surface area contributed by atoms with Gasteiger partial charge in [0.25, 0.3) is 0 Å². The van der Waals surface area contributed by atoms with Gasteiger partial charge in [-0.05, 0) is 53.7 Å². The second kappa shape index (κ2) is 5.23. The maximum absolute atomic E-state index is 5.09. The first-order chi connectivity index (χ1) is 7.79. The summed E-state index contributed by atoms with van der Waals surface area (Å²) in [5.41, 5.74) is 3.39. The van der Waals surface area contributed by atoms with E-state index in [1.54, 1.807) is 0 Å². The van der Waals surface area contributed by atoms with Crippen LogP contribution in [-0.2, 0) is 0 Å². The van der Waals surface area contributed by atoms with E-state index in [0.29, 0.717) is 0 Å². The molecule has 79 valence electrons. The topological polar surface area (TPSA) is 9.23 Å². The SMILES string of the molecule is S=COc1ccc(-c2[c]ccc(Br)c2)cc1. The lowest BCUT2D eigenvalue weighted by molar-refractivity contribution is 0.586. The first-order valence-corrected chi connectivity index (χ1v) is 5.94. The second-order valence-electron chi connectivity index (χ2n) is 3.16. The van der Waals surface area contributed by atoms with Gasteiger partial charge < -0.3 is 4.74 Å². The summed E-state index contributed by atoms with van der Waals surface area (Å²) >= 11 is 8.05. The van der Waals surface area contributed by atoms with Crippen LogP contribution in [0.3, 0.4) is 0 Å². The molecule has 3 heteroatoms. The van der Waals surface area contributed by atoms with Crippen molar-refractivity contribution in [3.8, 4) is 16.9 Å². The van der Waals surface area contributed by atoms with Gasteiger partial charge >= 0.3 is 0 Å². The van der Waals surface area contributed by atoms with Gasteiger partial charge in [0, 0.05) is 4.47 Å². The molecule has 0 spiro atoms. The Morgan fingerprint density at radius 2 is 1.94 bits per heavy atom. The van der Waals surface area contributed by atoms with Gasteiger partial charge in [-0.15, -0.1) is 0 Å². The summed E-state index contributed by atoms with van der Waals surface area (Å²) in [6.45, 7) is 0. The maximum Gasteiger partial charge on any atom is 0.154 e. The van der Waals surface area contributed by atoms with Gasteiger partial charge in [0.1, 0.15) is 5.75 Å². The molecule has 0 aliphatic rings. The summed E-state index contributed by atoms with van der Waals surface area (Å²) in [4.78, 5) is 0. The Bertz CT molecular complexity index is 494. The molecule has 2 rings (SSSR count). The molecule has 1 nitrogen and oxygen atoms in total. The minimum Gasteiger partial charge on any atom is -0.454 e. The van der Waals surface area contributed by atoms with Gasteiger partial charge in [0.2, 0.25) is 0 Å². The van der Waals surface area contributed by atoms with E-state index in [1.165, 1.54) is 5.55 Å². The smallest absolute Gasteiger partial charge is 0.154 e. The fourth-order valence-corrected chi connectivity index (χ4v) is 1.85. The summed E-state index contributed by atoms with van der Waals surface area (Å²) in [6.07, 6.45) is 0. The van der Waals surface area contributed by atoms with Crippen LogP contribution in [0.4, 0.5) is 0 Å². The van der Waals surface area contributed by atoms with Crippen LogP contribution in [0.15, 0.2) is 46.9 Å². The molecule has 0 unspecified atom stereocenters. The zero-order chi connectivity index (χ0) is 11.4. The van der Waals surface area contributed by atoms with Crippen molar-refractivity contribution in [2.75, 3.05) is 0 Å². The highest BCUT2D eigenvalue weighted by Crippen LogP contribution is 2.24. The van der Waals surface area contributed by atoms with Crippen molar-refractivity contribution in [3.63, 3.8) is 0 Å². The van der Waals surface area contributed by atoms with Crippen LogP contribution >= 0.6 is 28.1 Å². The molecule has 0 bridgehead atoms. The third-order valence-electron chi connectivity index (χ3n) is 2.11. The number of hydrogen-bond acceptors (Lipinski definition) is 2. The normalized spacial score (nSPS) is 9.81. The van der Waals surface area contributed by atoms with Crippen LogP contribution in [0.25, 0.3) is 11.1 Å². The number of rotatable bonds is 3. The molecule has 2 aromatic rings. The molecular formula is C13H8BrOS. The lowest BCUT2D eigenvalue weighted by atomic mass is 10.1. The van der Waals surface area contributed by atoms with Crippen LogP contribution < -0.4 is 4.74 Å². The quantitative estimate of drug-likeness (QED) is 0.782. The monoisotopic (exact) mass is 291 g/mol. The number of thiocarbonyl (C=S) groups is 1. The Kier molecular flexibility index (Phi) is 3.70. The van der Waals surface area contributed by atoms with E-state index >= 15 is 0 Å². The highest BCUT2D eigenvalue weighted by atomic mass is 79.9. The van der Waals surface area contributed by atoms with Crippen LogP contribution in [0.2, 0.25) is 0 Å². The van der Waals surface area contributed by atoms with Gasteiger partial charge in [-0.3, -0.25) is 0 Å². The van der Waals surface area contributed by atoms with E-state index in [4.69, 9.17) is 4.74 Å². The van der Waals surface area contributed by atoms with Gasteiger partial charge in [-0.2, -0.15) is 0 Å². The molecule has 0 saturated heterocycles. The molecule has 0 heterocycles. The van der Waals surface area contributed by atoms with Gasteiger partial charge in [0.15, 0.2) is 5.55 Å². The van der Waals surface area contributed by atoms with Gasteiger partial charge in [-0.1, -0.05) is 34.1 Å². The first-order valence-electron chi connectivity index (χ1n) is 4.67. The molecule has 0 aromatic heterocycles. The number of hydrogen-bond donors (Lipinski definition) is 0. The van der Waals surface area contributed by atoms with Crippen LogP contribution in [0.1, 0.15) is 0 Å². The summed E-state index contributed by atoms with van der Waals surface area (Å²) in [5.74, 6) is 0.744. The van der Waals surface area contributed by atoms with E-state index in [0.717, 1.165) is 21.3 Å². The second-order valence-corrected chi connectivity index (χ2v) is 4.27. The number of benzene rings is 2. The van der Waals surface area contributed by atoms with Crippen molar-refractivity contribution in [1.82, 2.24) is 0 Å². The van der Waals surface area contributed by atoms with Crippen LogP contribution in [0.5, 0.6) is 5.75 Å². The lowest BCUT2D eigenvalue weighted by Gasteiger charge is -2.03. The largest absolute Gasteiger partial charge is 0.454 e. The third kappa shape index (κ3) is 2.68. The Hall–Kier alpha value is -1.19. The average Bonchev–Trinajstić information content (AvgIpc) is 2.30. The molecular weight excluding hydrogens is 284 g/mol. The highest BCUT2D eigenvalue weighted by molar-refractivity contribution is 9.10. The number of ether oxygens (including phenoxy) is 1. The predicted octanol–water partition coefficient (Wildman–Crippen LogP) is 4.25. The Morgan fingerprint density at radius 1 is 1.19 bits per heavy atom. The molecule has 2 aromatic carbocycles. The van der Waals surface area contributed by atoms with Gasteiger partial charge in [0.05, 0.1) is 0 Å². The molecule has 16 heavy (non-hydrogen) atoms. The first kappa shape index (κ1) is 11.3. The summed E-state index contributed by atoms with van der Waals surface area (Å²) < 4.78 is 6.13. The number of halogens is 1.